The van der Waals surface area contributed by atoms with Crippen LogP contribution in [0.15, 0.2) is 17.4 Å². The zero-order valence-corrected chi connectivity index (χ0v) is 3.81. The number of hydrogen-bond donors (Lipinski definition) is 1. The van der Waals surface area contributed by atoms with Crippen LogP contribution in [0.4, 0.5) is 0 Å². The van der Waals surface area contributed by atoms with Crippen LogP contribution >= 0.6 is 0 Å². The lowest BCUT2D eigenvalue weighted by atomic mass is 10.7. The quantitative estimate of drug-likeness (QED) is 0.387. The van der Waals surface area contributed by atoms with Gasteiger partial charge in [0, 0.05) is 12.9 Å². The van der Waals surface area contributed by atoms with Crippen molar-refractivity contribution in [2.75, 3.05) is 0 Å². The SMILES string of the molecule is C=NN/C=C\C. The first-order valence-corrected chi connectivity index (χ1v) is 1.74. The second-order valence-corrected chi connectivity index (χ2v) is 0.787. The minimum atomic E-state index is 1.70. The van der Waals surface area contributed by atoms with Gasteiger partial charge in [0.1, 0.15) is 0 Å². The van der Waals surface area contributed by atoms with Crippen LogP contribution in [0.1, 0.15) is 6.92 Å². The fourth-order valence-corrected chi connectivity index (χ4v) is 0.127. The van der Waals surface area contributed by atoms with Crippen LogP contribution < -0.4 is 5.43 Å². The lowest BCUT2D eigenvalue weighted by Gasteiger charge is -1.78. The number of hydrogen-bond acceptors (Lipinski definition) is 2. The molecule has 0 spiro atoms. The molecule has 0 aromatic rings. The van der Waals surface area contributed by atoms with Crippen LogP contribution in [0, 0.1) is 0 Å². The molecule has 0 aliphatic rings. The van der Waals surface area contributed by atoms with Crippen LogP contribution in [0.25, 0.3) is 0 Å². The Morgan fingerprint density at radius 1 is 1.83 bits per heavy atom. The van der Waals surface area contributed by atoms with E-state index in [2.05, 4.69) is 17.2 Å². The van der Waals surface area contributed by atoms with E-state index in [0.717, 1.165) is 0 Å². The van der Waals surface area contributed by atoms with Crippen LogP contribution in [0.3, 0.4) is 0 Å². The van der Waals surface area contributed by atoms with Crippen molar-refractivity contribution in [3.05, 3.63) is 12.3 Å². The largest absolute Gasteiger partial charge is 0.287 e. The van der Waals surface area contributed by atoms with Gasteiger partial charge in [-0.1, -0.05) is 6.08 Å². The first kappa shape index (κ1) is 5.21. The third-order valence-electron chi connectivity index (χ3n) is 0.332. The molecule has 2 heteroatoms. The summed E-state index contributed by atoms with van der Waals surface area (Å²) in [4.78, 5) is 0. The molecule has 0 aromatic heterocycles. The summed E-state index contributed by atoms with van der Waals surface area (Å²) in [5.41, 5.74) is 2.53. The van der Waals surface area contributed by atoms with Crippen molar-refractivity contribution in [2.24, 2.45) is 5.10 Å². The van der Waals surface area contributed by atoms with E-state index in [-0.39, 0.29) is 0 Å². The van der Waals surface area contributed by atoms with Crippen molar-refractivity contribution >= 4 is 6.72 Å². The summed E-state index contributed by atoms with van der Waals surface area (Å²) in [5, 5.41) is 3.34. The number of allylic oxidation sites excluding steroid dienone is 1. The topological polar surface area (TPSA) is 24.4 Å². The number of nitrogens with zero attached hydrogens (tertiary/aromatic N) is 1. The van der Waals surface area contributed by atoms with Crippen molar-refractivity contribution in [3.8, 4) is 0 Å². The Hall–Kier alpha value is -0.790. The summed E-state index contributed by atoms with van der Waals surface area (Å²) in [6.45, 7) is 5.09. The lowest BCUT2D eigenvalue weighted by Crippen LogP contribution is -1.87. The molecule has 0 saturated carbocycles. The van der Waals surface area contributed by atoms with Gasteiger partial charge in [-0.15, -0.1) is 0 Å². The van der Waals surface area contributed by atoms with Gasteiger partial charge in [-0.3, -0.25) is 5.43 Å². The van der Waals surface area contributed by atoms with Gasteiger partial charge in [0.15, 0.2) is 0 Å². The molecule has 0 saturated heterocycles. The molecule has 0 aliphatic carbocycles. The Balaban J connectivity index is 2.85. The van der Waals surface area contributed by atoms with Gasteiger partial charge >= 0.3 is 0 Å². The molecule has 0 radical (unpaired) electrons. The van der Waals surface area contributed by atoms with Crippen molar-refractivity contribution in [3.63, 3.8) is 0 Å². The van der Waals surface area contributed by atoms with E-state index in [4.69, 9.17) is 0 Å². The molecule has 0 atom stereocenters. The van der Waals surface area contributed by atoms with Crippen LogP contribution in [-0.4, -0.2) is 6.72 Å². The average Bonchev–Trinajstić information content (AvgIpc) is 1.61. The first-order chi connectivity index (χ1) is 2.91. The average molecular weight is 84.1 g/mol. The molecule has 34 valence electrons. The predicted molar refractivity (Wildman–Crippen MR) is 27.5 cm³/mol. The van der Waals surface area contributed by atoms with E-state index in [1.54, 1.807) is 6.20 Å². The molecule has 0 fully saturated rings. The molecule has 0 bridgehead atoms. The fourth-order valence-electron chi connectivity index (χ4n) is 0.127. The lowest BCUT2D eigenvalue weighted by molar-refractivity contribution is 0.979. The summed E-state index contributed by atoms with van der Waals surface area (Å²) < 4.78 is 0. The number of nitrogens with one attached hydrogen (secondary N) is 1. The maximum atomic E-state index is 3.34. The highest BCUT2D eigenvalue weighted by molar-refractivity contribution is 5.22. The second kappa shape index (κ2) is 4.21. The molecule has 0 heterocycles. The van der Waals surface area contributed by atoms with Crippen LogP contribution in [-0.2, 0) is 0 Å². The van der Waals surface area contributed by atoms with E-state index in [9.17, 15) is 0 Å². The molecule has 0 aromatic carbocycles. The Kier molecular flexibility index (Phi) is 3.66. The third kappa shape index (κ3) is 3.21. The number of hydrazone groups is 1. The molecular weight excluding hydrogens is 76.1 g/mol. The fraction of sp³-hybridized carbons (Fsp3) is 0.250. The van der Waals surface area contributed by atoms with Gasteiger partial charge in [0.25, 0.3) is 0 Å². The summed E-state index contributed by atoms with van der Waals surface area (Å²) in [6.07, 6.45) is 3.54. The zero-order chi connectivity index (χ0) is 4.83. The molecule has 6 heavy (non-hydrogen) atoms. The standard InChI is InChI=1S/C4H8N2/c1-3-4-6-5-2/h3-4,6H,2H2,1H3/b4-3-. The highest BCUT2D eigenvalue weighted by Gasteiger charge is 1.51. The van der Waals surface area contributed by atoms with Crippen LogP contribution in [0.2, 0.25) is 0 Å². The molecule has 0 rings (SSSR count). The summed E-state index contributed by atoms with van der Waals surface area (Å²) in [5.74, 6) is 0. The highest BCUT2D eigenvalue weighted by Crippen LogP contribution is 1.58. The Labute approximate surface area is 37.6 Å². The zero-order valence-electron chi connectivity index (χ0n) is 3.81. The van der Waals surface area contributed by atoms with E-state index in [1.807, 2.05) is 13.0 Å². The Morgan fingerprint density at radius 2 is 2.50 bits per heavy atom. The van der Waals surface area contributed by atoms with E-state index >= 15 is 0 Å². The van der Waals surface area contributed by atoms with Gasteiger partial charge in [-0.2, -0.15) is 5.10 Å². The molecule has 1 N–H and O–H groups in total. The van der Waals surface area contributed by atoms with Crippen molar-refractivity contribution in [1.29, 1.82) is 0 Å². The summed E-state index contributed by atoms with van der Waals surface area (Å²) >= 11 is 0. The predicted octanol–water partition coefficient (Wildman–Crippen LogP) is 0.725. The van der Waals surface area contributed by atoms with Crippen LogP contribution in [0.5, 0.6) is 0 Å². The minimum Gasteiger partial charge on any atom is -0.287 e. The Morgan fingerprint density at radius 3 is 2.67 bits per heavy atom. The van der Waals surface area contributed by atoms with E-state index in [1.165, 1.54) is 0 Å². The molecule has 2 nitrogen and oxygen atoms in total. The van der Waals surface area contributed by atoms with Crippen molar-refractivity contribution in [1.82, 2.24) is 5.43 Å². The van der Waals surface area contributed by atoms with Crippen molar-refractivity contribution < 1.29 is 0 Å². The Bertz CT molecular complexity index is 56.6. The summed E-state index contributed by atoms with van der Waals surface area (Å²) in [6, 6.07) is 0. The molecule has 0 aliphatic heterocycles. The summed E-state index contributed by atoms with van der Waals surface area (Å²) in [7, 11) is 0. The van der Waals surface area contributed by atoms with Crippen molar-refractivity contribution in [2.45, 2.75) is 6.92 Å². The molecule has 0 amide bonds. The van der Waals surface area contributed by atoms with Gasteiger partial charge < -0.3 is 0 Å². The highest BCUT2D eigenvalue weighted by atomic mass is 15.3. The van der Waals surface area contributed by atoms with E-state index in [0.29, 0.717) is 0 Å². The number of rotatable bonds is 2. The van der Waals surface area contributed by atoms with E-state index < -0.39 is 0 Å². The van der Waals surface area contributed by atoms with Gasteiger partial charge in [0.05, 0.1) is 0 Å². The molecular formula is C4H8N2. The first-order valence-electron chi connectivity index (χ1n) is 1.74. The second-order valence-electron chi connectivity index (χ2n) is 0.787. The van der Waals surface area contributed by atoms with Gasteiger partial charge in [-0.25, -0.2) is 0 Å². The molecule has 0 unspecified atom stereocenters. The maximum Gasteiger partial charge on any atom is 0.0156 e. The maximum absolute atomic E-state index is 3.34. The van der Waals surface area contributed by atoms with Gasteiger partial charge in [-0.05, 0) is 6.92 Å². The third-order valence-corrected chi connectivity index (χ3v) is 0.332. The normalized spacial score (nSPS) is 8.83. The smallest absolute Gasteiger partial charge is 0.0156 e. The monoisotopic (exact) mass is 84.1 g/mol. The van der Waals surface area contributed by atoms with Gasteiger partial charge in [0.2, 0.25) is 0 Å². The minimum absolute atomic E-state index is 1.70.